The molecule has 0 aliphatic rings. The zero-order valence-corrected chi connectivity index (χ0v) is 18.8. The topological polar surface area (TPSA) is 89.4 Å². The van der Waals surface area contributed by atoms with Crippen LogP contribution < -0.4 is 14.8 Å². The molecule has 0 saturated heterocycles. The zero-order valence-electron chi connectivity index (χ0n) is 18.0. The van der Waals surface area contributed by atoms with Crippen LogP contribution in [0.1, 0.15) is 16.1 Å². The molecule has 0 fully saturated rings. The van der Waals surface area contributed by atoms with Crippen molar-refractivity contribution in [1.29, 1.82) is 0 Å². The van der Waals surface area contributed by atoms with Crippen LogP contribution in [0, 0.1) is 5.82 Å². The Morgan fingerprint density at radius 1 is 1.03 bits per heavy atom. The van der Waals surface area contributed by atoms with E-state index >= 15 is 0 Å². The van der Waals surface area contributed by atoms with Crippen molar-refractivity contribution in [2.24, 2.45) is 0 Å². The molecule has 170 valence electrons. The third-order valence-electron chi connectivity index (χ3n) is 5.08. The van der Waals surface area contributed by atoms with Crippen LogP contribution in [0.2, 0.25) is 0 Å². The highest BCUT2D eigenvalue weighted by atomic mass is 32.2. The number of benzene rings is 3. The summed E-state index contributed by atoms with van der Waals surface area (Å²) in [4.78, 5) is 13.2. The minimum Gasteiger partial charge on any atom is -0.495 e. The number of amides is 1. The van der Waals surface area contributed by atoms with E-state index < -0.39 is 15.9 Å². The summed E-state index contributed by atoms with van der Waals surface area (Å²) in [5.41, 5.74) is 2.16. The molecule has 0 spiro atoms. The Morgan fingerprint density at radius 2 is 1.76 bits per heavy atom. The number of anilines is 2. The van der Waals surface area contributed by atoms with Crippen LogP contribution >= 0.6 is 0 Å². The van der Waals surface area contributed by atoms with Crippen molar-refractivity contribution in [3.8, 4) is 5.75 Å². The van der Waals surface area contributed by atoms with Crippen molar-refractivity contribution in [3.63, 3.8) is 0 Å². The second kappa shape index (κ2) is 8.95. The Bertz CT molecular complexity index is 1450. The summed E-state index contributed by atoms with van der Waals surface area (Å²) in [6, 6.07) is 20.3. The highest BCUT2D eigenvalue weighted by Crippen LogP contribution is 2.29. The lowest BCUT2D eigenvalue weighted by Gasteiger charge is -2.14. The number of rotatable bonds is 7. The predicted molar refractivity (Wildman–Crippen MR) is 127 cm³/mol. The highest BCUT2D eigenvalue weighted by molar-refractivity contribution is 7.92. The number of ether oxygens (including phenoxy) is 1. The third kappa shape index (κ3) is 4.98. The van der Waals surface area contributed by atoms with E-state index in [0.717, 1.165) is 17.2 Å². The largest absolute Gasteiger partial charge is 0.495 e. The number of aromatic nitrogens is 1. The quantitative estimate of drug-likeness (QED) is 0.420. The minimum absolute atomic E-state index is 0.173. The van der Waals surface area contributed by atoms with Crippen LogP contribution in [0.4, 0.5) is 15.8 Å². The number of sulfonamides is 1. The molecule has 2 N–H and O–H groups in total. The summed E-state index contributed by atoms with van der Waals surface area (Å²) in [5.74, 6) is -0.460. The molecule has 0 aliphatic carbocycles. The first-order valence-corrected chi connectivity index (χ1v) is 11.9. The molecule has 0 unspecified atom stereocenters. The number of carbonyl (C=O) groups excluding carboxylic acids is 1. The van der Waals surface area contributed by atoms with Gasteiger partial charge in [-0.15, -0.1) is 0 Å². The maximum absolute atomic E-state index is 14.3. The molecule has 4 aromatic rings. The number of para-hydroxylation sites is 1. The maximum atomic E-state index is 14.3. The number of hydrogen-bond donors (Lipinski definition) is 2. The van der Waals surface area contributed by atoms with Crippen molar-refractivity contribution in [2.75, 3.05) is 23.4 Å². The molecule has 0 aliphatic heterocycles. The van der Waals surface area contributed by atoms with Crippen molar-refractivity contribution >= 4 is 38.2 Å². The summed E-state index contributed by atoms with van der Waals surface area (Å²) < 4.78 is 47.0. The van der Waals surface area contributed by atoms with E-state index in [4.69, 9.17) is 4.74 Å². The summed E-state index contributed by atoms with van der Waals surface area (Å²) in [6.45, 7) is 0.173. The molecule has 1 amide bonds. The number of halogens is 1. The van der Waals surface area contributed by atoms with Gasteiger partial charge in [0, 0.05) is 22.2 Å². The number of fused-ring (bicyclic) bond motifs is 1. The summed E-state index contributed by atoms with van der Waals surface area (Å²) in [6.07, 6.45) is 1.03. The van der Waals surface area contributed by atoms with E-state index in [1.165, 1.54) is 19.2 Å². The van der Waals surface area contributed by atoms with Crippen molar-refractivity contribution < 1.29 is 22.3 Å². The molecule has 3 aromatic carbocycles. The van der Waals surface area contributed by atoms with Gasteiger partial charge in [0.15, 0.2) is 0 Å². The molecule has 7 nitrogen and oxygen atoms in total. The molecular weight excluding hydrogens is 445 g/mol. The first-order chi connectivity index (χ1) is 15.7. The van der Waals surface area contributed by atoms with Gasteiger partial charge in [0.25, 0.3) is 5.91 Å². The van der Waals surface area contributed by atoms with Gasteiger partial charge in [0.2, 0.25) is 10.0 Å². The fourth-order valence-electron chi connectivity index (χ4n) is 3.63. The van der Waals surface area contributed by atoms with Crippen LogP contribution in [-0.2, 0) is 16.6 Å². The molecular formula is C24H22FN3O4S. The first kappa shape index (κ1) is 22.3. The Kier molecular flexibility index (Phi) is 6.06. The molecule has 1 heterocycles. The van der Waals surface area contributed by atoms with Crippen molar-refractivity contribution in [3.05, 3.63) is 89.9 Å². The van der Waals surface area contributed by atoms with Crippen LogP contribution in [0.5, 0.6) is 5.75 Å². The molecule has 33 heavy (non-hydrogen) atoms. The number of carbonyl (C=O) groups is 1. The molecule has 0 saturated carbocycles. The van der Waals surface area contributed by atoms with E-state index in [1.54, 1.807) is 41.0 Å². The highest BCUT2D eigenvalue weighted by Gasteiger charge is 2.18. The predicted octanol–water partition coefficient (Wildman–Crippen LogP) is 4.46. The van der Waals surface area contributed by atoms with Crippen molar-refractivity contribution in [1.82, 2.24) is 4.57 Å². The van der Waals surface area contributed by atoms with E-state index in [2.05, 4.69) is 10.0 Å². The van der Waals surface area contributed by atoms with Crippen molar-refractivity contribution in [2.45, 2.75) is 6.54 Å². The average molecular weight is 468 g/mol. The van der Waals surface area contributed by atoms with E-state index in [9.17, 15) is 17.6 Å². The molecule has 4 rings (SSSR count). The van der Waals surface area contributed by atoms with Crippen LogP contribution in [0.3, 0.4) is 0 Å². The van der Waals surface area contributed by atoms with Gasteiger partial charge in [-0.05, 0) is 36.4 Å². The average Bonchev–Trinajstić information content (AvgIpc) is 3.13. The Balaban J connectivity index is 1.70. The van der Waals surface area contributed by atoms with Gasteiger partial charge in [-0.25, -0.2) is 12.8 Å². The summed E-state index contributed by atoms with van der Waals surface area (Å²) in [7, 11) is -2.13. The molecule has 0 radical (unpaired) electrons. The second-order valence-electron chi connectivity index (χ2n) is 7.51. The fourth-order valence-corrected chi connectivity index (χ4v) is 4.19. The van der Waals surface area contributed by atoms with Gasteiger partial charge in [-0.1, -0.05) is 36.4 Å². The maximum Gasteiger partial charge on any atom is 0.272 e. The lowest BCUT2D eigenvalue weighted by molar-refractivity contribution is 0.101. The number of methoxy groups -OCH3 is 1. The standard InChI is InChI=1S/C24H22FN3O4S/c1-32-23-12-11-18(14-20(23)27-33(2,30)31)26-24(29)22-13-16-7-4-6-10-21(16)28(22)15-17-8-3-5-9-19(17)25/h3-14,27H,15H2,1-2H3,(H,26,29). The number of nitrogens with one attached hydrogen (secondary N) is 2. The van der Waals surface area contributed by atoms with E-state index in [0.29, 0.717) is 22.7 Å². The molecule has 0 bridgehead atoms. The molecule has 9 heteroatoms. The van der Waals surface area contributed by atoms with Gasteiger partial charge in [0.05, 0.1) is 25.6 Å². The Morgan fingerprint density at radius 3 is 2.48 bits per heavy atom. The van der Waals surface area contributed by atoms with Gasteiger partial charge < -0.3 is 14.6 Å². The normalized spacial score (nSPS) is 11.4. The summed E-state index contributed by atoms with van der Waals surface area (Å²) >= 11 is 0. The smallest absolute Gasteiger partial charge is 0.272 e. The molecule has 1 aromatic heterocycles. The lowest BCUT2D eigenvalue weighted by atomic mass is 10.2. The van der Waals surface area contributed by atoms with Crippen LogP contribution in [-0.4, -0.2) is 32.3 Å². The second-order valence-corrected chi connectivity index (χ2v) is 9.26. The lowest BCUT2D eigenvalue weighted by Crippen LogP contribution is -2.18. The SMILES string of the molecule is COc1ccc(NC(=O)c2cc3ccccc3n2Cc2ccccc2F)cc1NS(C)(=O)=O. The van der Waals surface area contributed by atoms with Gasteiger partial charge in [-0.3, -0.25) is 9.52 Å². The fraction of sp³-hybridized carbons (Fsp3) is 0.125. The van der Waals surface area contributed by atoms with E-state index in [1.807, 2.05) is 24.3 Å². The minimum atomic E-state index is -3.55. The van der Waals surface area contributed by atoms with E-state index in [-0.39, 0.29) is 18.0 Å². The van der Waals surface area contributed by atoms with Crippen LogP contribution in [0.15, 0.2) is 72.8 Å². The zero-order chi connectivity index (χ0) is 23.6. The summed E-state index contributed by atoms with van der Waals surface area (Å²) in [5, 5.41) is 3.63. The number of hydrogen-bond acceptors (Lipinski definition) is 4. The van der Waals surface area contributed by atoms with Gasteiger partial charge >= 0.3 is 0 Å². The van der Waals surface area contributed by atoms with Crippen LogP contribution in [0.25, 0.3) is 10.9 Å². The first-order valence-electron chi connectivity index (χ1n) is 10.0. The van der Waals surface area contributed by atoms with Gasteiger partial charge in [-0.2, -0.15) is 0 Å². The Labute approximate surface area is 190 Å². The monoisotopic (exact) mass is 467 g/mol. The number of nitrogens with zero attached hydrogens (tertiary/aromatic N) is 1. The third-order valence-corrected chi connectivity index (χ3v) is 5.67. The molecule has 0 atom stereocenters. The Hall–Kier alpha value is -3.85. The van der Waals surface area contributed by atoms with Gasteiger partial charge in [0.1, 0.15) is 17.3 Å².